The highest BCUT2D eigenvalue weighted by molar-refractivity contribution is 7.89. The van der Waals surface area contributed by atoms with Gasteiger partial charge in [0.05, 0.1) is 31.1 Å². The Hall–Kier alpha value is -1.89. The number of hydrogen-bond donors (Lipinski definition) is 2. The summed E-state index contributed by atoms with van der Waals surface area (Å²) < 4.78 is 28.5. The normalized spacial score (nSPS) is 16.3. The molecule has 0 saturated carbocycles. The third kappa shape index (κ3) is 4.20. The molecular formula is C23H33N2O3S+. The number of aromatic hydroxyl groups is 1. The Labute approximate surface area is 175 Å². The highest BCUT2D eigenvalue weighted by Gasteiger charge is 2.33. The molecule has 0 aliphatic carbocycles. The Morgan fingerprint density at radius 2 is 1.38 bits per heavy atom. The predicted molar refractivity (Wildman–Crippen MR) is 116 cm³/mol. The van der Waals surface area contributed by atoms with Crippen LogP contribution < -0.4 is 4.90 Å². The number of benzene rings is 2. The van der Waals surface area contributed by atoms with E-state index in [1.54, 1.807) is 4.31 Å². The van der Waals surface area contributed by atoms with Crippen LogP contribution in [0.15, 0.2) is 23.1 Å². The number of nitrogens with zero attached hydrogens (tertiary/aromatic N) is 1. The van der Waals surface area contributed by atoms with E-state index in [0.29, 0.717) is 30.3 Å². The molecule has 1 fully saturated rings. The zero-order valence-corrected chi connectivity index (χ0v) is 19.2. The molecule has 1 heterocycles. The van der Waals surface area contributed by atoms with E-state index in [0.717, 1.165) is 46.5 Å². The summed E-state index contributed by atoms with van der Waals surface area (Å²) in [7, 11) is -3.51. The lowest BCUT2D eigenvalue weighted by Crippen LogP contribution is -3.13. The highest BCUT2D eigenvalue weighted by atomic mass is 32.2. The summed E-state index contributed by atoms with van der Waals surface area (Å²) in [5.74, 6) is 0.331. The molecule has 1 saturated heterocycles. The summed E-state index contributed by atoms with van der Waals surface area (Å²) in [6, 6.07) is 5.92. The van der Waals surface area contributed by atoms with E-state index in [4.69, 9.17) is 0 Å². The molecule has 6 heteroatoms. The van der Waals surface area contributed by atoms with Crippen molar-refractivity contribution in [2.24, 2.45) is 0 Å². The average molecular weight is 418 g/mol. The number of sulfonamides is 1. The quantitative estimate of drug-likeness (QED) is 0.803. The van der Waals surface area contributed by atoms with Gasteiger partial charge in [-0.2, -0.15) is 4.31 Å². The molecule has 0 aromatic heterocycles. The smallest absolute Gasteiger partial charge is 0.244 e. The zero-order chi connectivity index (χ0) is 21.5. The lowest BCUT2D eigenvalue weighted by molar-refractivity contribution is -0.917. The maximum Gasteiger partial charge on any atom is 0.244 e. The van der Waals surface area contributed by atoms with Crippen LogP contribution >= 0.6 is 0 Å². The number of piperazine rings is 1. The number of rotatable bonds is 4. The maximum absolute atomic E-state index is 13.4. The molecule has 2 N–H and O–H groups in total. The number of phenols is 1. The minimum absolute atomic E-state index is 0.331. The van der Waals surface area contributed by atoms with Crippen molar-refractivity contribution in [1.29, 1.82) is 0 Å². The van der Waals surface area contributed by atoms with Gasteiger partial charge < -0.3 is 10.0 Å². The molecule has 0 spiro atoms. The minimum atomic E-state index is -3.51. The molecule has 3 rings (SSSR count). The Kier molecular flexibility index (Phi) is 6.08. The van der Waals surface area contributed by atoms with E-state index in [-0.39, 0.29) is 0 Å². The second-order valence-corrected chi connectivity index (χ2v) is 10.4. The van der Waals surface area contributed by atoms with Crippen LogP contribution in [0.2, 0.25) is 0 Å². The van der Waals surface area contributed by atoms with Gasteiger partial charge in [-0.05, 0) is 87.1 Å². The molecular weight excluding hydrogens is 384 g/mol. The summed E-state index contributed by atoms with van der Waals surface area (Å²) in [6.45, 7) is 14.9. The van der Waals surface area contributed by atoms with Gasteiger partial charge >= 0.3 is 0 Å². The van der Waals surface area contributed by atoms with Crippen LogP contribution in [-0.4, -0.2) is 44.0 Å². The first kappa shape index (κ1) is 21.8. The van der Waals surface area contributed by atoms with E-state index in [1.807, 2.05) is 53.7 Å². The van der Waals surface area contributed by atoms with Gasteiger partial charge in [0.1, 0.15) is 12.3 Å². The van der Waals surface area contributed by atoms with Gasteiger partial charge in [-0.1, -0.05) is 6.07 Å². The summed E-state index contributed by atoms with van der Waals surface area (Å²) in [5, 5.41) is 10.3. The summed E-state index contributed by atoms with van der Waals surface area (Å²) in [6.07, 6.45) is 0. The van der Waals surface area contributed by atoms with Gasteiger partial charge in [0, 0.05) is 5.56 Å². The number of quaternary nitrogens is 1. The lowest BCUT2D eigenvalue weighted by atomic mass is 10.0. The van der Waals surface area contributed by atoms with Crippen molar-refractivity contribution >= 4 is 10.0 Å². The second-order valence-electron chi connectivity index (χ2n) is 8.49. The topological polar surface area (TPSA) is 62.1 Å². The fraction of sp³-hybridized carbons (Fsp3) is 0.478. The zero-order valence-electron chi connectivity index (χ0n) is 18.4. The first-order valence-electron chi connectivity index (χ1n) is 10.2. The standard InChI is InChI=1S/C23H32N2O3S/c1-15-12-21(22(26)13-16(15)2)14-24-7-9-25(10-8-24)29(27,28)23-19(5)17(3)11-18(4)20(23)6/h11-13,26H,7-10,14H2,1-6H3/p+1. The summed E-state index contributed by atoms with van der Waals surface area (Å²) >= 11 is 0. The maximum atomic E-state index is 13.4. The van der Waals surface area contributed by atoms with Crippen molar-refractivity contribution in [3.05, 3.63) is 57.1 Å². The van der Waals surface area contributed by atoms with Crippen molar-refractivity contribution in [3.8, 4) is 5.75 Å². The molecule has 5 nitrogen and oxygen atoms in total. The third-order valence-corrected chi connectivity index (χ3v) is 8.63. The average Bonchev–Trinajstić information content (AvgIpc) is 2.65. The van der Waals surface area contributed by atoms with E-state index in [2.05, 4.69) is 6.07 Å². The van der Waals surface area contributed by atoms with Crippen LogP contribution in [0, 0.1) is 41.5 Å². The van der Waals surface area contributed by atoms with Crippen LogP contribution in [0.3, 0.4) is 0 Å². The number of hydrogen-bond acceptors (Lipinski definition) is 3. The minimum Gasteiger partial charge on any atom is -0.507 e. The van der Waals surface area contributed by atoms with Gasteiger partial charge in [-0.15, -0.1) is 0 Å². The van der Waals surface area contributed by atoms with Gasteiger partial charge in [0.2, 0.25) is 10.0 Å². The molecule has 0 unspecified atom stereocenters. The van der Waals surface area contributed by atoms with Gasteiger partial charge in [-0.25, -0.2) is 8.42 Å². The van der Waals surface area contributed by atoms with E-state index >= 15 is 0 Å². The molecule has 2 aromatic rings. The van der Waals surface area contributed by atoms with Crippen LogP contribution in [0.5, 0.6) is 5.75 Å². The van der Waals surface area contributed by atoms with Gasteiger partial charge in [0.25, 0.3) is 0 Å². The monoisotopic (exact) mass is 417 g/mol. The van der Waals surface area contributed by atoms with E-state index in [9.17, 15) is 13.5 Å². The van der Waals surface area contributed by atoms with Gasteiger partial charge in [0.15, 0.2) is 0 Å². The third-order valence-electron chi connectivity index (χ3n) is 6.46. The lowest BCUT2D eigenvalue weighted by Gasteiger charge is -2.32. The first-order chi connectivity index (χ1) is 13.5. The molecule has 2 aromatic carbocycles. The van der Waals surface area contributed by atoms with Crippen LogP contribution in [0.25, 0.3) is 0 Å². The number of aryl methyl sites for hydroxylation is 4. The Morgan fingerprint density at radius 3 is 1.93 bits per heavy atom. The highest BCUT2D eigenvalue weighted by Crippen LogP contribution is 2.28. The Bertz CT molecular complexity index is 1010. The first-order valence-corrected chi connectivity index (χ1v) is 11.7. The van der Waals surface area contributed by atoms with Crippen molar-refractivity contribution in [2.75, 3.05) is 26.2 Å². The summed E-state index contributed by atoms with van der Waals surface area (Å²) in [4.78, 5) is 1.77. The van der Waals surface area contributed by atoms with Crippen LogP contribution in [0.1, 0.15) is 38.9 Å². The Balaban J connectivity index is 1.77. The van der Waals surface area contributed by atoms with E-state index < -0.39 is 10.0 Å². The van der Waals surface area contributed by atoms with Crippen LogP contribution in [0.4, 0.5) is 0 Å². The molecule has 0 bridgehead atoms. The molecule has 1 aliphatic rings. The number of nitrogens with one attached hydrogen (secondary N) is 1. The number of phenolic OH excluding ortho intramolecular Hbond substituents is 1. The largest absolute Gasteiger partial charge is 0.507 e. The molecule has 0 atom stereocenters. The predicted octanol–water partition coefficient (Wildman–Crippen LogP) is 2.33. The van der Waals surface area contributed by atoms with Crippen LogP contribution in [-0.2, 0) is 16.6 Å². The van der Waals surface area contributed by atoms with Crippen molar-refractivity contribution in [3.63, 3.8) is 0 Å². The fourth-order valence-corrected chi connectivity index (χ4v) is 6.21. The van der Waals surface area contributed by atoms with Crippen molar-refractivity contribution in [1.82, 2.24) is 4.31 Å². The second kappa shape index (κ2) is 8.09. The van der Waals surface area contributed by atoms with Crippen molar-refractivity contribution < 1.29 is 18.4 Å². The van der Waals surface area contributed by atoms with Crippen molar-refractivity contribution in [2.45, 2.75) is 53.0 Å². The van der Waals surface area contributed by atoms with E-state index in [1.165, 1.54) is 10.5 Å². The SMILES string of the molecule is Cc1cc(O)c(C[NH+]2CCN(S(=O)(=O)c3c(C)c(C)cc(C)c3C)CC2)cc1C. The fourth-order valence-electron chi connectivity index (χ4n) is 4.19. The summed E-state index contributed by atoms with van der Waals surface area (Å²) in [5.41, 5.74) is 6.91. The molecule has 158 valence electrons. The molecule has 0 radical (unpaired) electrons. The Morgan fingerprint density at radius 1 is 0.862 bits per heavy atom. The van der Waals surface area contributed by atoms with Gasteiger partial charge in [-0.3, -0.25) is 0 Å². The molecule has 0 amide bonds. The molecule has 1 aliphatic heterocycles. The molecule has 29 heavy (non-hydrogen) atoms.